The van der Waals surface area contributed by atoms with Crippen LogP contribution in [-0.2, 0) is 14.8 Å². The minimum Gasteiger partial charge on any atom is -0.497 e. The normalized spacial score (nSPS) is 11.8. The number of benzene rings is 3. The molecule has 11 nitrogen and oxygen atoms in total. The van der Waals surface area contributed by atoms with E-state index in [2.05, 4.69) is 25.2 Å². The maximum Gasteiger partial charge on any atom is 0.263 e. The topological polar surface area (TPSA) is 145 Å². The van der Waals surface area contributed by atoms with Crippen LogP contribution in [0, 0.1) is 0 Å². The Morgan fingerprint density at radius 1 is 0.795 bits per heavy atom. The molecule has 0 saturated carbocycles. The number of thioether (sulfide) groups is 1. The smallest absolute Gasteiger partial charge is 0.263 e. The van der Waals surface area contributed by atoms with E-state index < -0.39 is 15.3 Å². The summed E-state index contributed by atoms with van der Waals surface area (Å²) in [5, 5.41) is 11.3. The van der Waals surface area contributed by atoms with Gasteiger partial charge in [-0.2, -0.15) is 0 Å². The maximum absolute atomic E-state index is 13.0. The summed E-state index contributed by atoms with van der Waals surface area (Å²) in [4.78, 5) is 21.8. The van der Waals surface area contributed by atoms with E-state index in [0.717, 1.165) is 22.9 Å². The minimum absolute atomic E-state index is 0.0334. The first kappa shape index (κ1) is 30.4. The number of aromatic nitrogens is 4. The number of rotatable bonds is 11. The number of nitrogens with zero attached hydrogens (tertiary/aromatic N) is 4. The van der Waals surface area contributed by atoms with Gasteiger partial charge in [0, 0.05) is 23.0 Å². The van der Waals surface area contributed by atoms with Gasteiger partial charge in [0.15, 0.2) is 0 Å². The standard InChI is InChI=1S/C31H28N6O5S2/c1-20(30(38)33-23-11-17-26(18-12-23)44(39,40)37-27-6-4-5-19-32-27)43-31-34-28(21-7-13-24(41-2)14-8-21)29(35-36-31)22-9-15-25(42-3)16-10-22/h4-20H,1-3H3,(H,32,37)(H,33,38). The number of hydrogen-bond donors (Lipinski definition) is 2. The lowest BCUT2D eigenvalue weighted by atomic mass is 10.0. The number of pyridine rings is 1. The summed E-state index contributed by atoms with van der Waals surface area (Å²) in [6.07, 6.45) is 1.49. The molecule has 3 aromatic carbocycles. The Balaban J connectivity index is 1.31. The van der Waals surface area contributed by atoms with Crippen LogP contribution in [0.3, 0.4) is 0 Å². The number of amides is 1. The van der Waals surface area contributed by atoms with E-state index in [1.807, 2.05) is 48.5 Å². The molecule has 1 amide bonds. The highest BCUT2D eigenvalue weighted by atomic mass is 32.2. The lowest BCUT2D eigenvalue weighted by Crippen LogP contribution is -2.23. The van der Waals surface area contributed by atoms with Gasteiger partial charge in [-0.3, -0.25) is 9.52 Å². The molecular formula is C31H28N6O5S2. The largest absolute Gasteiger partial charge is 0.497 e. The number of anilines is 2. The quantitative estimate of drug-likeness (QED) is 0.179. The van der Waals surface area contributed by atoms with Crippen molar-refractivity contribution in [3.05, 3.63) is 97.2 Å². The number of nitrogens with one attached hydrogen (secondary N) is 2. The second kappa shape index (κ2) is 13.5. The molecule has 1 atom stereocenters. The van der Waals surface area contributed by atoms with E-state index in [0.29, 0.717) is 33.7 Å². The molecule has 0 radical (unpaired) electrons. The van der Waals surface area contributed by atoms with Gasteiger partial charge in [0.2, 0.25) is 11.1 Å². The SMILES string of the molecule is COc1ccc(-c2nnc(SC(C)C(=O)Nc3ccc(S(=O)(=O)Nc4ccccn4)cc3)nc2-c2ccc(OC)cc2)cc1. The van der Waals surface area contributed by atoms with Crippen molar-refractivity contribution in [2.75, 3.05) is 24.3 Å². The van der Waals surface area contributed by atoms with Crippen LogP contribution in [-0.4, -0.2) is 54.0 Å². The van der Waals surface area contributed by atoms with Crippen LogP contribution in [0.25, 0.3) is 22.5 Å². The van der Waals surface area contributed by atoms with Crippen molar-refractivity contribution in [3.63, 3.8) is 0 Å². The van der Waals surface area contributed by atoms with Crippen LogP contribution >= 0.6 is 11.8 Å². The first-order valence-corrected chi connectivity index (χ1v) is 15.7. The Morgan fingerprint density at radius 2 is 1.41 bits per heavy atom. The highest BCUT2D eigenvalue weighted by Crippen LogP contribution is 2.32. The average Bonchev–Trinajstić information content (AvgIpc) is 3.05. The predicted octanol–water partition coefficient (Wildman–Crippen LogP) is 5.54. The van der Waals surface area contributed by atoms with E-state index in [-0.39, 0.29) is 16.6 Å². The zero-order valence-corrected chi connectivity index (χ0v) is 25.6. The fourth-order valence-corrected chi connectivity index (χ4v) is 5.77. The number of methoxy groups -OCH3 is 2. The van der Waals surface area contributed by atoms with Gasteiger partial charge in [-0.15, -0.1) is 10.2 Å². The van der Waals surface area contributed by atoms with Gasteiger partial charge in [-0.05, 0) is 91.9 Å². The fraction of sp³-hybridized carbons (Fsp3) is 0.129. The van der Waals surface area contributed by atoms with Crippen LogP contribution in [0.15, 0.2) is 107 Å². The Labute approximate surface area is 259 Å². The lowest BCUT2D eigenvalue weighted by molar-refractivity contribution is -0.115. The maximum atomic E-state index is 13.0. The van der Waals surface area contributed by atoms with E-state index in [9.17, 15) is 13.2 Å². The van der Waals surface area contributed by atoms with Crippen molar-refractivity contribution in [1.82, 2.24) is 20.2 Å². The molecule has 2 N–H and O–H groups in total. The number of sulfonamides is 1. The molecule has 2 heterocycles. The monoisotopic (exact) mass is 628 g/mol. The van der Waals surface area contributed by atoms with Gasteiger partial charge >= 0.3 is 0 Å². The molecule has 13 heteroatoms. The van der Waals surface area contributed by atoms with E-state index in [1.165, 1.54) is 30.5 Å². The minimum atomic E-state index is -3.84. The summed E-state index contributed by atoms with van der Waals surface area (Å²) in [5.74, 6) is 1.31. The molecule has 44 heavy (non-hydrogen) atoms. The third kappa shape index (κ3) is 7.30. The van der Waals surface area contributed by atoms with Crippen LogP contribution in [0.5, 0.6) is 11.5 Å². The molecule has 0 saturated heterocycles. The molecule has 224 valence electrons. The Morgan fingerprint density at radius 3 is 1.98 bits per heavy atom. The summed E-state index contributed by atoms with van der Waals surface area (Å²) < 4.78 is 38.4. The van der Waals surface area contributed by atoms with Crippen molar-refractivity contribution >= 4 is 39.2 Å². The molecule has 1 unspecified atom stereocenters. The second-order valence-electron chi connectivity index (χ2n) is 9.34. The molecule has 5 rings (SSSR count). The number of carbonyl (C=O) groups is 1. The van der Waals surface area contributed by atoms with Gasteiger partial charge < -0.3 is 14.8 Å². The van der Waals surface area contributed by atoms with E-state index in [1.54, 1.807) is 39.3 Å². The second-order valence-corrected chi connectivity index (χ2v) is 12.3. The molecule has 2 aromatic heterocycles. The summed E-state index contributed by atoms with van der Waals surface area (Å²) in [5.41, 5.74) is 3.22. The molecule has 5 aromatic rings. The van der Waals surface area contributed by atoms with Gasteiger partial charge in [-0.25, -0.2) is 18.4 Å². The highest BCUT2D eigenvalue weighted by Gasteiger charge is 2.21. The van der Waals surface area contributed by atoms with Crippen molar-refractivity contribution in [2.24, 2.45) is 0 Å². The first-order valence-electron chi connectivity index (χ1n) is 13.3. The van der Waals surface area contributed by atoms with Gasteiger partial charge in [0.05, 0.1) is 24.4 Å². The third-order valence-corrected chi connectivity index (χ3v) is 8.70. The third-order valence-electron chi connectivity index (χ3n) is 6.38. The number of hydrogen-bond acceptors (Lipinski definition) is 10. The molecule has 0 spiro atoms. The summed E-state index contributed by atoms with van der Waals surface area (Å²) in [6, 6.07) is 25.7. The molecular weight excluding hydrogens is 601 g/mol. The van der Waals surface area contributed by atoms with Crippen molar-refractivity contribution < 1.29 is 22.7 Å². The van der Waals surface area contributed by atoms with E-state index in [4.69, 9.17) is 14.5 Å². The van der Waals surface area contributed by atoms with Crippen molar-refractivity contribution in [3.8, 4) is 34.0 Å². The fourth-order valence-electron chi connectivity index (χ4n) is 4.05. The van der Waals surface area contributed by atoms with Gasteiger partial charge in [-0.1, -0.05) is 17.8 Å². The Hall–Kier alpha value is -5.01. The van der Waals surface area contributed by atoms with Crippen LogP contribution < -0.4 is 19.5 Å². The number of ether oxygens (including phenoxy) is 2. The zero-order valence-electron chi connectivity index (χ0n) is 24.0. The summed E-state index contributed by atoms with van der Waals surface area (Å²) in [7, 11) is -0.639. The first-order chi connectivity index (χ1) is 21.3. The Bertz CT molecular complexity index is 1840. The van der Waals surface area contributed by atoms with Crippen LogP contribution in [0.4, 0.5) is 11.5 Å². The molecule has 0 aliphatic carbocycles. The molecule has 0 aliphatic rings. The molecule has 0 fully saturated rings. The lowest BCUT2D eigenvalue weighted by Gasteiger charge is -2.14. The molecule has 0 aliphatic heterocycles. The van der Waals surface area contributed by atoms with Gasteiger partial charge in [0.25, 0.3) is 10.0 Å². The van der Waals surface area contributed by atoms with Gasteiger partial charge in [0.1, 0.15) is 28.7 Å². The van der Waals surface area contributed by atoms with Crippen LogP contribution in [0.2, 0.25) is 0 Å². The van der Waals surface area contributed by atoms with Crippen molar-refractivity contribution in [1.29, 1.82) is 0 Å². The Kier molecular flexibility index (Phi) is 9.36. The van der Waals surface area contributed by atoms with Crippen molar-refractivity contribution in [2.45, 2.75) is 22.2 Å². The van der Waals surface area contributed by atoms with E-state index >= 15 is 0 Å². The molecule has 0 bridgehead atoms. The summed E-state index contributed by atoms with van der Waals surface area (Å²) >= 11 is 1.15. The predicted molar refractivity (Wildman–Crippen MR) is 169 cm³/mol. The number of carbonyl (C=O) groups excluding carboxylic acids is 1. The highest BCUT2D eigenvalue weighted by molar-refractivity contribution is 8.00. The summed E-state index contributed by atoms with van der Waals surface area (Å²) in [6.45, 7) is 1.73. The van der Waals surface area contributed by atoms with Crippen LogP contribution in [0.1, 0.15) is 6.92 Å². The zero-order chi connectivity index (χ0) is 31.1. The average molecular weight is 629 g/mol.